The predicted octanol–water partition coefficient (Wildman–Crippen LogP) is 3.82. The molecule has 0 heterocycles. The first kappa shape index (κ1) is 13.8. The Morgan fingerprint density at radius 1 is 1.05 bits per heavy atom. The molecule has 0 amide bonds. The molecule has 2 aromatic carbocycles. The van der Waals surface area contributed by atoms with Crippen molar-refractivity contribution in [3.63, 3.8) is 0 Å². The molecular weight excluding hydrogens is 236 g/mol. The molecule has 2 aromatic rings. The molecule has 1 unspecified atom stereocenters. The summed E-state index contributed by atoms with van der Waals surface area (Å²) < 4.78 is 0. The standard InChI is InChI=1S/C17H20O2/c1-3-12(4-2)16(18)17(19)15-10-9-13-7-5-6-8-14(13)11-15/h5-12,16,18H,3-4H2,1-2H3. The number of hydrogen-bond acceptors (Lipinski definition) is 2. The van der Waals surface area contributed by atoms with Gasteiger partial charge in [0.2, 0.25) is 0 Å². The highest BCUT2D eigenvalue weighted by molar-refractivity contribution is 6.02. The van der Waals surface area contributed by atoms with Gasteiger partial charge in [-0.2, -0.15) is 0 Å². The first-order chi connectivity index (χ1) is 9.17. The van der Waals surface area contributed by atoms with E-state index in [2.05, 4.69) is 0 Å². The van der Waals surface area contributed by atoms with Crippen LogP contribution in [-0.4, -0.2) is 17.0 Å². The van der Waals surface area contributed by atoms with Crippen LogP contribution in [0.1, 0.15) is 37.0 Å². The molecule has 0 saturated heterocycles. The Hall–Kier alpha value is -1.67. The van der Waals surface area contributed by atoms with E-state index < -0.39 is 6.10 Å². The van der Waals surface area contributed by atoms with Crippen molar-refractivity contribution in [3.8, 4) is 0 Å². The summed E-state index contributed by atoms with van der Waals surface area (Å²) in [6.45, 7) is 4.01. The predicted molar refractivity (Wildman–Crippen MR) is 78.4 cm³/mol. The van der Waals surface area contributed by atoms with E-state index in [-0.39, 0.29) is 11.7 Å². The van der Waals surface area contributed by atoms with E-state index in [4.69, 9.17) is 0 Å². The number of hydrogen-bond donors (Lipinski definition) is 1. The lowest BCUT2D eigenvalue weighted by Crippen LogP contribution is -2.29. The number of aliphatic hydroxyl groups excluding tert-OH is 1. The van der Waals surface area contributed by atoms with Gasteiger partial charge in [0.25, 0.3) is 0 Å². The molecular formula is C17H20O2. The third-order valence-electron chi connectivity index (χ3n) is 3.80. The van der Waals surface area contributed by atoms with Gasteiger partial charge in [-0.1, -0.05) is 63.1 Å². The fourth-order valence-electron chi connectivity index (χ4n) is 2.46. The molecule has 0 radical (unpaired) electrons. The van der Waals surface area contributed by atoms with Gasteiger partial charge in [-0.05, 0) is 22.8 Å². The average molecular weight is 256 g/mol. The van der Waals surface area contributed by atoms with Gasteiger partial charge in [0, 0.05) is 5.56 Å². The molecule has 1 N–H and O–H groups in total. The van der Waals surface area contributed by atoms with E-state index >= 15 is 0 Å². The summed E-state index contributed by atoms with van der Waals surface area (Å²) in [5.41, 5.74) is 0.595. The first-order valence-electron chi connectivity index (χ1n) is 6.88. The molecule has 2 rings (SSSR count). The number of carbonyl (C=O) groups is 1. The highest BCUT2D eigenvalue weighted by Gasteiger charge is 2.24. The molecule has 2 heteroatoms. The van der Waals surface area contributed by atoms with E-state index in [0.717, 1.165) is 23.6 Å². The van der Waals surface area contributed by atoms with Crippen LogP contribution in [0.4, 0.5) is 0 Å². The molecule has 0 bridgehead atoms. The molecule has 100 valence electrons. The van der Waals surface area contributed by atoms with Gasteiger partial charge in [-0.25, -0.2) is 0 Å². The Morgan fingerprint density at radius 3 is 2.32 bits per heavy atom. The number of aliphatic hydroxyl groups is 1. The van der Waals surface area contributed by atoms with Gasteiger partial charge >= 0.3 is 0 Å². The van der Waals surface area contributed by atoms with Crippen LogP contribution in [0.3, 0.4) is 0 Å². The second-order valence-corrected chi connectivity index (χ2v) is 4.95. The Morgan fingerprint density at radius 2 is 1.68 bits per heavy atom. The SMILES string of the molecule is CCC(CC)C(O)C(=O)c1ccc2ccccc2c1. The lowest BCUT2D eigenvalue weighted by molar-refractivity contribution is 0.0588. The molecule has 0 fully saturated rings. The molecule has 2 nitrogen and oxygen atoms in total. The number of benzene rings is 2. The molecule has 0 aromatic heterocycles. The minimum atomic E-state index is -0.892. The summed E-state index contributed by atoms with van der Waals surface area (Å²) in [4.78, 5) is 12.3. The van der Waals surface area contributed by atoms with Crippen LogP contribution < -0.4 is 0 Å². The maximum Gasteiger partial charge on any atom is 0.191 e. The van der Waals surface area contributed by atoms with Gasteiger partial charge in [0.05, 0.1) is 0 Å². The van der Waals surface area contributed by atoms with Crippen molar-refractivity contribution in [3.05, 3.63) is 48.0 Å². The fourth-order valence-corrected chi connectivity index (χ4v) is 2.46. The monoisotopic (exact) mass is 256 g/mol. The lowest BCUT2D eigenvalue weighted by atomic mass is 9.90. The van der Waals surface area contributed by atoms with E-state index in [1.165, 1.54) is 0 Å². The first-order valence-corrected chi connectivity index (χ1v) is 6.88. The van der Waals surface area contributed by atoms with E-state index in [1.807, 2.05) is 50.2 Å². The molecule has 0 aliphatic rings. The number of carbonyl (C=O) groups excluding carboxylic acids is 1. The smallest absolute Gasteiger partial charge is 0.191 e. The van der Waals surface area contributed by atoms with Gasteiger partial charge in [0.15, 0.2) is 5.78 Å². The zero-order chi connectivity index (χ0) is 13.8. The minimum absolute atomic E-state index is 0.0407. The van der Waals surface area contributed by atoms with Gasteiger partial charge in [-0.15, -0.1) is 0 Å². The fraction of sp³-hybridized carbons (Fsp3) is 0.353. The van der Waals surface area contributed by atoms with Crippen molar-refractivity contribution in [2.45, 2.75) is 32.8 Å². The third kappa shape index (κ3) is 2.85. The zero-order valence-corrected chi connectivity index (χ0v) is 11.5. The molecule has 19 heavy (non-hydrogen) atoms. The van der Waals surface area contributed by atoms with Crippen LogP contribution in [0.15, 0.2) is 42.5 Å². The Labute approximate surface area is 114 Å². The van der Waals surface area contributed by atoms with Crippen LogP contribution >= 0.6 is 0 Å². The van der Waals surface area contributed by atoms with Gasteiger partial charge in [-0.3, -0.25) is 4.79 Å². The maximum atomic E-state index is 12.3. The summed E-state index contributed by atoms with van der Waals surface area (Å²) in [5, 5.41) is 12.3. The highest BCUT2D eigenvalue weighted by Crippen LogP contribution is 2.20. The Bertz CT molecular complexity index is 570. The van der Waals surface area contributed by atoms with Gasteiger partial charge < -0.3 is 5.11 Å². The van der Waals surface area contributed by atoms with Crippen molar-refractivity contribution >= 4 is 16.6 Å². The van der Waals surface area contributed by atoms with Crippen LogP contribution in [0.5, 0.6) is 0 Å². The summed E-state index contributed by atoms with van der Waals surface area (Å²) in [6, 6.07) is 13.5. The quantitative estimate of drug-likeness (QED) is 0.826. The second-order valence-electron chi connectivity index (χ2n) is 4.95. The minimum Gasteiger partial charge on any atom is -0.385 e. The molecule has 1 atom stereocenters. The van der Waals surface area contributed by atoms with Crippen LogP contribution in [0.2, 0.25) is 0 Å². The van der Waals surface area contributed by atoms with Crippen molar-refractivity contribution in [1.29, 1.82) is 0 Å². The van der Waals surface area contributed by atoms with Crippen LogP contribution in [-0.2, 0) is 0 Å². The highest BCUT2D eigenvalue weighted by atomic mass is 16.3. The van der Waals surface area contributed by atoms with Crippen molar-refractivity contribution in [2.75, 3.05) is 0 Å². The maximum absolute atomic E-state index is 12.3. The topological polar surface area (TPSA) is 37.3 Å². The molecule has 0 aliphatic carbocycles. The van der Waals surface area contributed by atoms with Gasteiger partial charge in [0.1, 0.15) is 6.10 Å². The Balaban J connectivity index is 2.30. The normalized spacial score (nSPS) is 12.8. The molecule has 0 saturated carbocycles. The summed E-state index contributed by atoms with van der Waals surface area (Å²) >= 11 is 0. The summed E-state index contributed by atoms with van der Waals surface area (Å²) in [7, 11) is 0. The molecule has 0 spiro atoms. The number of fused-ring (bicyclic) bond motifs is 1. The third-order valence-corrected chi connectivity index (χ3v) is 3.80. The largest absolute Gasteiger partial charge is 0.385 e. The van der Waals surface area contributed by atoms with Crippen LogP contribution in [0, 0.1) is 5.92 Å². The van der Waals surface area contributed by atoms with Crippen molar-refractivity contribution in [1.82, 2.24) is 0 Å². The number of ketones is 1. The Kier molecular flexibility index (Phi) is 4.33. The van der Waals surface area contributed by atoms with E-state index in [9.17, 15) is 9.90 Å². The van der Waals surface area contributed by atoms with Crippen molar-refractivity contribution < 1.29 is 9.90 Å². The second kappa shape index (κ2) is 5.98. The van der Waals surface area contributed by atoms with E-state index in [1.54, 1.807) is 6.07 Å². The molecule has 0 aliphatic heterocycles. The summed E-state index contributed by atoms with van der Waals surface area (Å²) in [6.07, 6.45) is 0.740. The number of rotatable bonds is 5. The van der Waals surface area contributed by atoms with E-state index in [0.29, 0.717) is 5.56 Å². The average Bonchev–Trinajstić information content (AvgIpc) is 2.47. The number of Topliss-reactive ketones (excluding diaryl/α,β-unsaturated/α-hetero) is 1. The van der Waals surface area contributed by atoms with Crippen LogP contribution in [0.25, 0.3) is 10.8 Å². The zero-order valence-electron chi connectivity index (χ0n) is 11.5. The summed E-state index contributed by atoms with van der Waals surface area (Å²) in [5.74, 6) is -0.126. The lowest BCUT2D eigenvalue weighted by Gasteiger charge is -2.18. The van der Waals surface area contributed by atoms with Crippen molar-refractivity contribution in [2.24, 2.45) is 5.92 Å².